The Labute approximate surface area is 234 Å². The molecule has 2 N–H and O–H groups in total. The largest absolute Gasteiger partial charge is 0.392 e. The van der Waals surface area contributed by atoms with Gasteiger partial charge in [0.05, 0.1) is 15.9 Å². The molecule has 1 heterocycles. The van der Waals surface area contributed by atoms with Crippen LogP contribution in [0.2, 0.25) is 0 Å². The average Bonchev–Trinajstić information content (AvgIpc) is 3.41. The van der Waals surface area contributed by atoms with Gasteiger partial charge in [-0.15, -0.1) is 11.3 Å². The van der Waals surface area contributed by atoms with Crippen LogP contribution in [0, 0.1) is 46.3 Å². The number of carbonyl (C=O) groups excluding carboxylic acids is 2. The molecule has 3 saturated carbocycles. The second-order valence-corrected chi connectivity index (χ2v) is 15.6. The first kappa shape index (κ1) is 27.3. The van der Waals surface area contributed by atoms with E-state index in [2.05, 4.69) is 74.1 Å². The van der Waals surface area contributed by atoms with Gasteiger partial charge >= 0.3 is 0 Å². The Morgan fingerprint density at radius 3 is 2.62 bits per heavy atom. The van der Waals surface area contributed by atoms with Gasteiger partial charge in [0.1, 0.15) is 0 Å². The number of aliphatic hydroxyl groups is 1. The second kappa shape index (κ2) is 10.1. The Bertz CT molecular complexity index is 1120. The minimum atomic E-state index is -0.387. The van der Waals surface area contributed by atoms with Gasteiger partial charge in [0, 0.05) is 16.7 Å². The van der Waals surface area contributed by atoms with Crippen LogP contribution in [0.5, 0.6) is 0 Å². The summed E-state index contributed by atoms with van der Waals surface area (Å²) in [5.41, 5.74) is 1.14. The molecule has 6 heteroatoms. The number of allylic oxidation sites excluding steroid dienone is 3. The van der Waals surface area contributed by atoms with Gasteiger partial charge in [-0.2, -0.15) is 0 Å². The van der Waals surface area contributed by atoms with Crippen LogP contribution in [-0.2, 0) is 9.59 Å². The van der Waals surface area contributed by atoms with E-state index >= 15 is 0 Å². The van der Waals surface area contributed by atoms with Crippen molar-refractivity contribution in [3.05, 3.63) is 44.6 Å². The van der Waals surface area contributed by atoms with Crippen LogP contribution in [0.4, 0.5) is 0 Å². The monoisotopic (exact) mass is 587 g/mol. The lowest BCUT2D eigenvalue weighted by Gasteiger charge is -2.58. The van der Waals surface area contributed by atoms with Crippen LogP contribution in [0.1, 0.15) is 84.1 Å². The molecule has 202 valence electrons. The lowest BCUT2D eigenvalue weighted by atomic mass is 9.46. The quantitative estimate of drug-likeness (QED) is 0.368. The van der Waals surface area contributed by atoms with E-state index in [0.29, 0.717) is 42.4 Å². The van der Waals surface area contributed by atoms with Crippen LogP contribution in [0.3, 0.4) is 0 Å². The Balaban J connectivity index is 1.30. The van der Waals surface area contributed by atoms with Crippen molar-refractivity contribution in [3.8, 4) is 0 Å². The number of hydrogen-bond acceptors (Lipinski definition) is 4. The maximum Gasteiger partial charge on any atom is 0.220 e. The van der Waals surface area contributed by atoms with Crippen LogP contribution in [0.25, 0.3) is 0 Å². The normalized spacial score (nSPS) is 38.4. The summed E-state index contributed by atoms with van der Waals surface area (Å²) in [6, 6.07) is 4.20. The zero-order valence-corrected chi connectivity index (χ0v) is 25.2. The third-order valence-electron chi connectivity index (χ3n) is 10.7. The Morgan fingerprint density at radius 2 is 1.95 bits per heavy atom. The van der Waals surface area contributed by atoms with E-state index in [-0.39, 0.29) is 40.6 Å². The molecular formula is C31H42BrNO3S. The van der Waals surface area contributed by atoms with Crippen molar-refractivity contribution in [2.45, 2.75) is 85.3 Å². The number of hydrogen-bond donors (Lipinski definition) is 2. The topological polar surface area (TPSA) is 66.4 Å². The molecule has 0 aromatic carbocycles. The van der Waals surface area contributed by atoms with Crippen molar-refractivity contribution in [2.75, 3.05) is 0 Å². The van der Waals surface area contributed by atoms with Crippen molar-refractivity contribution in [1.29, 1.82) is 0 Å². The summed E-state index contributed by atoms with van der Waals surface area (Å²) in [5, 5.41) is 14.7. The first-order valence-corrected chi connectivity index (χ1v) is 15.7. The standard InChI is InChI=1S/C31H42BrNO3S/c1-17(2)29(25-8-9-26(32)37-25)33-27(36)14-18(3)21-6-7-22-28-23(11-13-31(21,22)5)30(4)12-10-20(34)15-19(30)16-24(28)35/h8-10,12,15,17-18,21-24,28-29,35H,6-7,11,13-14,16H2,1-5H3,(H,33,36)/t18-,21?,22+,23+,24-,28?,29?,30?,31?/m1/s1. The number of rotatable bonds is 6. The lowest BCUT2D eigenvalue weighted by molar-refractivity contribution is -0.125. The van der Waals surface area contributed by atoms with Gasteiger partial charge in [-0.1, -0.05) is 46.3 Å². The summed E-state index contributed by atoms with van der Waals surface area (Å²) in [5.74, 6) is 2.41. The predicted octanol–water partition coefficient (Wildman–Crippen LogP) is 7.25. The Morgan fingerprint density at radius 1 is 1.19 bits per heavy atom. The van der Waals surface area contributed by atoms with E-state index in [0.717, 1.165) is 35.0 Å². The summed E-state index contributed by atoms with van der Waals surface area (Å²) in [4.78, 5) is 26.5. The average molecular weight is 589 g/mol. The fourth-order valence-electron chi connectivity index (χ4n) is 8.87. The van der Waals surface area contributed by atoms with Gasteiger partial charge < -0.3 is 10.4 Å². The maximum atomic E-state index is 13.3. The third kappa shape index (κ3) is 4.74. The molecule has 4 aliphatic carbocycles. The molecule has 1 aromatic rings. The maximum absolute atomic E-state index is 13.3. The van der Waals surface area contributed by atoms with E-state index in [1.54, 1.807) is 23.5 Å². The highest BCUT2D eigenvalue weighted by molar-refractivity contribution is 9.11. The SMILES string of the molecule is CC(C)C(NC(=O)C[C@@H](C)C1CC[C@H]2C3[C@H](O)CC4=CC(=O)C=CC4(C)[C@H]3CCC12C)c1ccc(Br)s1. The highest BCUT2D eigenvalue weighted by Gasteiger charge is 2.61. The van der Waals surface area contributed by atoms with Gasteiger partial charge in [0.25, 0.3) is 0 Å². The zero-order chi connectivity index (χ0) is 26.7. The molecule has 0 saturated heterocycles. The molecule has 5 unspecified atom stereocenters. The first-order valence-electron chi connectivity index (χ1n) is 14.1. The number of aliphatic hydroxyl groups excluding tert-OH is 1. The van der Waals surface area contributed by atoms with E-state index < -0.39 is 0 Å². The highest BCUT2D eigenvalue weighted by atomic mass is 79.9. The molecule has 4 aliphatic rings. The minimum Gasteiger partial charge on any atom is -0.392 e. The lowest BCUT2D eigenvalue weighted by Crippen LogP contribution is -2.55. The molecule has 3 fully saturated rings. The van der Waals surface area contributed by atoms with Gasteiger partial charge in [0.15, 0.2) is 5.78 Å². The van der Waals surface area contributed by atoms with Crippen LogP contribution in [0.15, 0.2) is 39.7 Å². The van der Waals surface area contributed by atoms with Crippen LogP contribution >= 0.6 is 27.3 Å². The molecule has 1 amide bonds. The van der Waals surface area contributed by atoms with E-state index in [4.69, 9.17) is 0 Å². The van der Waals surface area contributed by atoms with E-state index in [1.807, 2.05) is 0 Å². The molecule has 4 nitrogen and oxygen atoms in total. The first-order chi connectivity index (χ1) is 17.4. The number of amides is 1. The Kier molecular flexibility index (Phi) is 7.43. The molecule has 0 radical (unpaired) electrons. The summed E-state index contributed by atoms with van der Waals surface area (Å²) >= 11 is 5.25. The predicted molar refractivity (Wildman–Crippen MR) is 153 cm³/mol. The second-order valence-electron chi connectivity index (χ2n) is 13.1. The van der Waals surface area contributed by atoms with Crippen LogP contribution in [-0.4, -0.2) is 22.9 Å². The fraction of sp³-hybridized carbons (Fsp3) is 0.677. The fourth-order valence-corrected chi connectivity index (χ4v) is 10.5. The van der Waals surface area contributed by atoms with Crippen molar-refractivity contribution in [2.24, 2.45) is 46.3 Å². The minimum absolute atomic E-state index is 0.0363. The molecule has 0 aliphatic heterocycles. The smallest absolute Gasteiger partial charge is 0.220 e. The van der Waals surface area contributed by atoms with Gasteiger partial charge in [0.2, 0.25) is 5.91 Å². The molecule has 37 heavy (non-hydrogen) atoms. The summed E-state index contributed by atoms with van der Waals surface area (Å²) < 4.78 is 1.09. The molecule has 0 spiro atoms. The highest BCUT2D eigenvalue weighted by Crippen LogP contribution is 2.67. The number of carbonyl (C=O) groups is 2. The molecule has 9 atom stereocenters. The van der Waals surface area contributed by atoms with Gasteiger partial charge in [-0.05, 0) is 113 Å². The number of fused-ring (bicyclic) bond motifs is 5. The van der Waals surface area contributed by atoms with Crippen molar-refractivity contribution in [3.63, 3.8) is 0 Å². The summed E-state index contributed by atoms with van der Waals surface area (Å²) in [7, 11) is 0. The zero-order valence-electron chi connectivity index (χ0n) is 22.8. The van der Waals surface area contributed by atoms with Crippen LogP contribution < -0.4 is 5.32 Å². The van der Waals surface area contributed by atoms with Crippen molar-refractivity contribution >= 4 is 39.0 Å². The summed E-state index contributed by atoms with van der Waals surface area (Å²) in [6.07, 6.45) is 10.9. The summed E-state index contributed by atoms with van der Waals surface area (Å²) in [6.45, 7) is 11.3. The van der Waals surface area contributed by atoms with Gasteiger partial charge in [-0.3, -0.25) is 9.59 Å². The molecule has 0 bridgehead atoms. The van der Waals surface area contributed by atoms with E-state index in [1.165, 1.54) is 4.88 Å². The number of ketones is 1. The molecule has 1 aromatic heterocycles. The van der Waals surface area contributed by atoms with Crippen molar-refractivity contribution < 1.29 is 14.7 Å². The molecular weight excluding hydrogens is 546 g/mol. The van der Waals surface area contributed by atoms with Crippen molar-refractivity contribution in [1.82, 2.24) is 5.32 Å². The number of thiophene rings is 1. The van der Waals surface area contributed by atoms with E-state index in [9.17, 15) is 14.7 Å². The molecule has 5 rings (SSSR count). The number of halogens is 1. The number of nitrogens with one attached hydrogen (secondary N) is 1. The Hall–Kier alpha value is -1.24. The van der Waals surface area contributed by atoms with Gasteiger partial charge in [-0.25, -0.2) is 0 Å². The third-order valence-corrected chi connectivity index (χ3v) is 12.4.